The SMILES string of the molecule is COc1cc(N2CCOCC2)ccc1Nc1nc(N)n(-c2ccccn2)n1. The van der Waals surface area contributed by atoms with Gasteiger partial charge in [0, 0.05) is 31.0 Å². The van der Waals surface area contributed by atoms with Crippen LogP contribution in [0.15, 0.2) is 42.6 Å². The number of anilines is 4. The summed E-state index contributed by atoms with van der Waals surface area (Å²) in [6, 6.07) is 11.5. The Morgan fingerprint density at radius 2 is 2.04 bits per heavy atom. The fourth-order valence-electron chi connectivity index (χ4n) is 2.95. The highest BCUT2D eigenvalue weighted by atomic mass is 16.5. The molecular weight excluding hydrogens is 346 g/mol. The summed E-state index contributed by atoms with van der Waals surface area (Å²) in [6.45, 7) is 3.19. The summed E-state index contributed by atoms with van der Waals surface area (Å²) in [7, 11) is 1.64. The molecule has 1 fully saturated rings. The van der Waals surface area contributed by atoms with Crippen molar-refractivity contribution in [3.8, 4) is 11.6 Å². The summed E-state index contributed by atoms with van der Waals surface area (Å²) in [5.41, 5.74) is 7.83. The van der Waals surface area contributed by atoms with Gasteiger partial charge in [0.15, 0.2) is 5.82 Å². The molecular formula is C18H21N7O2. The normalized spacial score (nSPS) is 14.2. The van der Waals surface area contributed by atoms with Crippen LogP contribution in [-0.2, 0) is 4.74 Å². The van der Waals surface area contributed by atoms with Crippen molar-refractivity contribution >= 4 is 23.3 Å². The first-order chi connectivity index (χ1) is 13.2. The molecule has 1 aliphatic rings. The summed E-state index contributed by atoms with van der Waals surface area (Å²) < 4.78 is 12.4. The lowest BCUT2D eigenvalue weighted by Gasteiger charge is -2.29. The van der Waals surface area contributed by atoms with E-state index in [9.17, 15) is 0 Å². The number of ether oxygens (including phenoxy) is 2. The van der Waals surface area contributed by atoms with Crippen LogP contribution in [0.25, 0.3) is 5.82 Å². The summed E-state index contributed by atoms with van der Waals surface area (Å²) in [4.78, 5) is 10.8. The largest absolute Gasteiger partial charge is 0.494 e. The number of benzene rings is 1. The fourth-order valence-corrected chi connectivity index (χ4v) is 2.95. The van der Waals surface area contributed by atoms with E-state index in [2.05, 4.69) is 25.3 Å². The zero-order valence-electron chi connectivity index (χ0n) is 15.0. The van der Waals surface area contributed by atoms with E-state index in [0.29, 0.717) is 17.5 Å². The van der Waals surface area contributed by atoms with Crippen molar-refractivity contribution in [1.29, 1.82) is 0 Å². The molecule has 0 spiro atoms. The average Bonchev–Trinajstić information content (AvgIpc) is 3.09. The minimum atomic E-state index is 0.250. The van der Waals surface area contributed by atoms with Crippen molar-refractivity contribution in [3.63, 3.8) is 0 Å². The number of methoxy groups -OCH3 is 1. The van der Waals surface area contributed by atoms with Gasteiger partial charge in [-0.25, -0.2) is 4.98 Å². The smallest absolute Gasteiger partial charge is 0.249 e. The van der Waals surface area contributed by atoms with Gasteiger partial charge in [-0.1, -0.05) is 6.07 Å². The molecule has 2 aromatic heterocycles. The third-order valence-corrected chi connectivity index (χ3v) is 4.31. The lowest BCUT2D eigenvalue weighted by atomic mass is 10.2. The van der Waals surface area contributed by atoms with Gasteiger partial charge >= 0.3 is 0 Å². The van der Waals surface area contributed by atoms with Crippen LogP contribution in [0, 0.1) is 0 Å². The summed E-state index contributed by atoms with van der Waals surface area (Å²) in [5.74, 6) is 1.92. The maximum Gasteiger partial charge on any atom is 0.249 e. The van der Waals surface area contributed by atoms with Gasteiger partial charge in [-0.3, -0.25) is 0 Å². The molecule has 27 heavy (non-hydrogen) atoms. The average molecular weight is 367 g/mol. The minimum absolute atomic E-state index is 0.250. The van der Waals surface area contributed by atoms with E-state index in [1.54, 1.807) is 13.3 Å². The Hall–Kier alpha value is -3.33. The number of aromatic nitrogens is 4. The second-order valence-corrected chi connectivity index (χ2v) is 6.00. The Morgan fingerprint density at radius 1 is 1.19 bits per heavy atom. The number of nitrogens with one attached hydrogen (secondary N) is 1. The summed E-state index contributed by atoms with van der Waals surface area (Å²) >= 11 is 0. The Labute approximate surface area is 156 Å². The van der Waals surface area contributed by atoms with E-state index in [4.69, 9.17) is 15.2 Å². The van der Waals surface area contributed by atoms with Gasteiger partial charge in [0.25, 0.3) is 0 Å². The topological polar surface area (TPSA) is 103 Å². The molecule has 0 aliphatic carbocycles. The molecule has 0 unspecified atom stereocenters. The second kappa shape index (κ2) is 7.50. The standard InChI is InChI=1S/C18H21N7O2/c1-26-15-12-13(24-8-10-27-11-9-24)5-6-14(15)21-18-22-17(19)25(23-18)16-4-2-3-7-20-16/h2-7,12H,8-11H2,1H3,(H3,19,21,22,23). The maximum atomic E-state index is 5.98. The maximum absolute atomic E-state index is 5.98. The molecule has 9 nitrogen and oxygen atoms in total. The van der Waals surface area contributed by atoms with Gasteiger partial charge in [0.1, 0.15) is 5.75 Å². The van der Waals surface area contributed by atoms with E-state index in [0.717, 1.165) is 37.7 Å². The molecule has 4 rings (SSSR count). The van der Waals surface area contributed by atoms with Crippen LogP contribution in [0.4, 0.5) is 23.3 Å². The monoisotopic (exact) mass is 367 g/mol. The predicted octanol–water partition coefficient (Wildman–Crippen LogP) is 1.83. The Balaban J connectivity index is 1.57. The van der Waals surface area contributed by atoms with Crippen molar-refractivity contribution in [2.24, 2.45) is 0 Å². The van der Waals surface area contributed by atoms with Crippen LogP contribution in [0.5, 0.6) is 5.75 Å². The predicted molar refractivity (Wildman–Crippen MR) is 103 cm³/mol. The number of morpholine rings is 1. The van der Waals surface area contributed by atoms with Crippen molar-refractivity contribution in [2.45, 2.75) is 0 Å². The number of pyridine rings is 1. The third kappa shape index (κ3) is 3.63. The number of hydrogen-bond acceptors (Lipinski definition) is 8. The molecule has 1 aliphatic heterocycles. The van der Waals surface area contributed by atoms with E-state index >= 15 is 0 Å². The fraction of sp³-hybridized carbons (Fsp3) is 0.278. The summed E-state index contributed by atoms with van der Waals surface area (Å²) in [5, 5.41) is 7.55. The van der Waals surface area contributed by atoms with Crippen LogP contribution in [0.2, 0.25) is 0 Å². The molecule has 140 valence electrons. The van der Waals surface area contributed by atoms with Crippen molar-refractivity contribution in [1.82, 2.24) is 19.7 Å². The molecule has 0 amide bonds. The zero-order valence-corrected chi connectivity index (χ0v) is 15.0. The van der Waals surface area contributed by atoms with Gasteiger partial charge in [-0.15, -0.1) is 5.10 Å². The molecule has 1 saturated heterocycles. The Kier molecular flexibility index (Phi) is 4.75. The number of rotatable bonds is 5. The van der Waals surface area contributed by atoms with Crippen LogP contribution < -0.4 is 20.7 Å². The van der Waals surface area contributed by atoms with E-state index in [-0.39, 0.29) is 5.95 Å². The Morgan fingerprint density at radius 3 is 2.78 bits per heavy atom. The molecule has 3 aromatic rings. The lowest BCUT2D eigenvalue weighted by molar-refractivity contribution is 0.122. The number of hydrogen-bond donors (Lipinski definition) is 2. The Bertz CT molecular complexity index is 907. The first kappa shape index (κ1) is 17.1. The molecule has 3 N–H and O–H groups in total. The van der Waals surface area contributed by atoms with Gasteiger partial charge in [-0.2, -0.15) is 9.67 Å². The highest BCUT2D eigenvalue weighted by Gasteiger charge is 2.15. The van der Waals surface area contributed by atoms with Gasteiger partial charge in [0.05, 0.1) is 26.0 Å². The highest BCUT2D eigenvalue weighted by molar-refractivity contribution is 5.68. The van der Waals surface area contributed by atoms with E-state index < -0.39 is 0 Å². The first-order valence-electron chi connectivity index (χ1n) is 8.66. The molecule has 1 aromatic carbocycles. The molecule has 0 atom stereocenters. The number of nitrogens with zero attached hydrogens (tertiary/aromatic N) is 5. The highest BCUT2D eigenvalue weighted by Crippen LogP contribution is 2.32. The van der Waals surface area contributed by atoms with Crippen molar-refractivity contribution < 1.29 is 9.47 Å². The van der Waals surface area contributed by atoms with Crippen LogP contribution in [0.1, 0.15) is 0 Å². The molecule has 3 heterocycles. The number of nitrogen functional groups attached to an aromatic ring is 1. The van der Waals surface area contributed by atoms with Crippen LogP contribution >= 0.6 is 0 Å². The van der Waals surface area contributed by atoms with Crippen molar-refractivity contribution in [2.75, 3.05) is 49.4 Å². The third-order valence-electron chi connectivity index (χ3n) is 4.31. The van der Waals surface area contributed by atoms with Crippen LogP contribution in [0.3, 0.4) is 0 Å². The molecule has 0 bridgehead atoms. The molecule has 0 saturated carbocycles. The van der Waals surface area contributed by atoms with Gasteiger partial charge < -0.3 is 25.4 Å². The molecule has 9 heteroatoms. The lowest BCUT2D eigenvalue weighted by Crippen LogP contribution is -2.36. The summed E-state index contributed by atoms with van der Waals surface area (Å²) in [6.07, 6.45) is 1.68. The first-order valence-corrected chi connectivity index (χ1v) is 8.66. The van der Waals surface area contributed by atoms with Gasteiger partial charge in [-0.05, 0) is 24.3 Å². The second-order valence-electron chi connectivity index (χ2n) is 6.00. The minimum Gasteiger partial charge on any atom is -0.494 e. The van der Waals surface area contributed by atoms with Crippen molar-refractivity contribution in [3.05, 3.63) is 42.6 Å². The zero-order chi connectivity index (χ0) is 18.6. The van der Waals surface area contributed by atoms with Gasteiger partial charge in [0.2, 0.25) is 11.9 Å². The van der Waals surface area contributed by atoms with E-state index in [1.165, 1.54) is 4.68 Å². The van der Waals surface area contributed by atoms with E-state index in [1.807, 2.05) is 36.4 Å². The molecule has 0 radical (unpaired) electrons. The number of nitrogens with two attached hydrogens (primary N) is 1. The van der Waals surface area contributed by atoms with Crippen LogP contribution in [-0.4, -0.2) is 53.2 Å². The quantitative estimate of drug-likeness (QED) is 0.704.